The molecule has 0 bridgehead atoms. The molecule has 4 heteroatoms. The zero-order valence-corrected chi connectivity index (χ0v) is 8.85. The van der Waals surface area contributed by atoms with E-state index in [1.54, 1.807) is 6.07 Å². The van der Waals surface area contributed by atoms with Crippen molar-refractivity contribution in [3.63, 3.8) is 0 Å². The van der Waals surface area contributed by atoms with Gasteiger partial charge in [0.05, 0.1) is 26.4 Å². The van der Waals surface area contributed by atoms with Crippen LogP contribution >= 0.6 is 0 Å². The lowest BCUT2D eigenvalue weighted by Crippen LogP contribution is -2.33. The predicted molar refractivity (Wildman–Crippen MR) is 56.6 cm³/mol. The van der Waals surface area contributed by atoms with Gasteiger partial charge in [0, 0.05) is 11.3 Å². The summed E-state index contributed by atoms with van der Waals surface area (Å²) in [6.45, 7) is 2.67. The second-order valence-electron chi connectivity index (χ2n) is 4.59. The third kappa shape index (κ3) is 1.23. The average molecular weight is 222 g/mol. The summed E-state index contributed by atoms with van der Waals surface area (Å²) in [5, 5.41) is 18.9. The van der Waals surface area contributed by atoms with Crippen molar-refractivity contribution in [2.24, 2.45) is 5.92 Å². The van der Waals surface area contributed by atoms with Crippen molar-refractivity contribution < 1.29 is 19.7 Å². The number of benzene rings is 1. The summed E-state index contributed by atoms with van der Waals surface area (Å²) in [4.78, 5) is 0. The van der Waals surface area contributed by atoms with E-state index in [0.717, 1.165) is 5.56 Å². The Morgan fingerprint density at radius 1 is 1.06 bits per heavy atom. The first-order valence-electron chi connectivity index (χ1n) is 5.40. The molecular formula is C12H14O4. The van der Waals surface area contributed by atoms with E-state index >= 15 is 0 Å². The molecular weight excluding hydrogens is 208 g/mol. The summed E-state index contributed by atoms with van der Waals surface area (Å²) in [6.07, 6.45) is 0. The summed E-state index contributed by atoms with van der Waals surface area (Å²) in [7, 11) is 0. The monoisotopic (exact) mass is 222 g/mol. The molecule has 2 fully saturated rings. The zero-order valence-electron chi connectivity index (χ0n) is 8.85. The number of hydrogen-bond acceptors (Lipinski definition) is 4. The predicted octanol–water partition coefficient (Wildman–Crippen LogP) is 1.01. The minimum absolute atomic E-state index is 0.0792. The molecule has 0 saturated carbocycles. The molecule has 2 heterocycles. The van der Waals surface area contributed by atoms with Crippen LogP contribution in [-0.4, -0.2) is 36.6 Å². The van der Waals surface area contributed by atoms with Gasteiger partial charge < -0.3 is 19.7 Å². The zero-order chi connectivity index (χ0) is 11.2. The topological polar surface area (TPSA) is 58.9 Å². The highest BCUT2D eigenvalue weighted by Gasteiger charge is 2.49. The highest BCUT2D eigenvalue weighted by Crippen LogP contribution is 2.44. The van der Waals surface area contributed by atoms with Gasteiger partial charge in [0.15, 0.2) is 11.5 Å². The highest BCUT2D eigenvalue weighted by molar-refractivity contribution is 5.44. The summed E-state index contributed by atoms with van der Waals surface area (Å²) in [6, 6.07) is 4.98. The number of phenolic OH excluding ortho intramolecular Hbond substituents is 2. The van der Waals surface area contributed by atoms with Crippen LogP contribution in [-0.2, 0) is 14.9 Å². The van der Waals surface area contributed by atoms with Crippen molar-refractivity contribution in [3.05, 3.63) is 23.8 Å². The van der Waals surface area contributed by atoms with Crippen molar-refractivity contribution >= 4 is 0 Å². The number of aromatic hydroxyl groups is 2. The SMILES string of the molecule is Oc1ccc(C23COCC2COC3)cc1O. The molecule has 0 aromatic heterocycles. The van der Waals surface area contributed by atoms with Gasteiger partial charge in [0.2, 0.25) is 0 Å². The van der Waals surface area contributed by atoms with Gasteiger partial charge in [0.1, 0.15) is 0 Å². The maximum Gasteiger partial charge on any atom is 0.157 e. The molecule has 2 aliphatic rings. The molecule has 2 N–H and O–H groups in total. The first kappa shape index (κ1) is 9.93. The molecule has 3 rings (SSSR count). The van der Waals surface area contributed by atoms with Gasteiger partial charge in [-0.2, -0.15) is 0 Å². The molecule has 1 aromatic carbocycles. The van der Waals surface area contributed by atoms with E-state index in [2.05, 4.69) is 0 Å². The number of phenols is 2. The van der Waals surface area contributed by atoms with Gasteiger partial charge in [-0.15, -0.1) is 0 Å². The van der Waals surface area contributed by atoms with Crippen molar-refractivity contribution in [2.45, 2.75) is 5.41 Å². The Kier molecular flexibility index (Phi) is 2.09. The Bertz CT molecular complexity index is 405. The molecule has 0 radical (unpaired) electrons. The summed E-state index contributed by atoms with van der Waals surface area (Å²) in [5.41, 5.74) is 0.855. The molecule has 0 aliphatic carbocycles. The lowest BCUT2D eigenvalue weighted by Gasteiger charge is -2.26. The van der Waals surface area contributed by atoms with Crippen LogP contribution in [0.25, 0.3) is 0 Å². The Morgan fingerprint density at radius 2 is 1.75 bits per heavy atom. The Hall–Kier alpha value is -1.26. The quantitative estimate of drug-likeness (QED) is 0.696. The minimum Gasteiger partial charge on any atom is -0.504 e. The fourth-order valence-electron chi connectivity index (χ4n) is 2.65. The van der Waals surface area contributed by atoms with E-state index in [1.165, 1.54) is 6.07 Å². The molecule has 0 unspecified atom stereocenters. The Balaban J connectivity index is 2.04. The molecule has 16 heavy (non-hydrogen) atoms. The summed E-state index contributed by atoms with van der Waals surface area (Å²) >= 11 is 0. The average Bonchev–Trinajstić information content (AvgIpc) is 2.81. The van der Waals surface area contributed by atoms with Crippen molar-refractivity contribution in [2.75, 3.05) is 26.4 Å². The Labute approximate surface area is 93.4 Å². The van der Waals surface area contributed by atoms with Gasteiger partial charge in [-0.25, -0.2) is 0 Å². The second-order valence-corrected chi connectivity index (χ2v) is 4.59. The highest BCUT2D eigenvalue weighted by atomic mass is 16.5. The molecule has 4 nitrogen and oxygen atoms in total. The first-order chi connectivity index (χ1) is 7.72. The van der Waals surface area contributed by atoms with Gasteiger partial charge in [-0.05, 0) is 17.7 Å². The maximum absolute atomic E-state index is 9.55. The van der Waals surface area contributed by atoms with E-state index in [0.29, 0.717) is 32.3 Å². The van der Waals surface area contributed by atoms with Crippen LogP contribution in [0.5, 0.6) is 11.5 Å². The van der Waals surface area contributed by atoms with E-state index in [4.69, 9.17) is 9.47 Å². The van der Waals surface area contributed by atoms with Crippen LogP contribution in [0.3, 0.4) is 0 Å². The molecule has 1 aromatic rings. The van der Waals surface area contributed by atoms with Crippen LogP contribution < -0.4 is 0 Å². The lowest BCUT2D eigenvalue weighted by atomic mass is 9.75. The Morgan fingerprint density at radius 3 is 2.38 bits per heavy atom. The number of fused-ring (bicyclic) bond motifs is 1. The fourth-order valence-corrected chi connectivity index (χ4v) is 2.65. The molecule has 0 amide bonds. The molecule has 0 spiro atoms. The fraction of sp³-hybridized carbons (Fsp3) is 0.500. The van der Waals surface area contributed by atoms with Crippen LogP contribution in [0.4, 0.5) is 0 Å². The lowest BCUT2D eigenvalue weighted by molar-refractivity contribution is 0.101. The van der Waals surface area contributed by atoms with Crippen LogP contribution in [0.1, 0.15) is 5.56 Å². The van der Waals surface area contributed by atoms with Crippen molar-refractivity contribution in [1.29, 1.82) is 0 Å². The second kappa shape index (κ2) is 3.37. The van der Waals surface area contributed by atoms with Gasteiger partial charge in [0.25, 0.3) is 0 Å². The smallest absolute Gasteiger partial charge is 0.157 e. The van der Waals surface area contributed by atoms with Crippen molar-refractivity contribution in [3.8, 4) is 11.5 Å². The van der Waals surface area contributed by atoms with Crippen LogP contribution in [0.15, 0.2) is 18.2 Å². The normalized spacial score (nSPS) is 32.9. The third-order valence-corrected chi connectivity index (χ3v) is 3.69. The van der Waals surface area contributed by atoms with Gasteiger partial charge in [-0.3, -0.25) is 0 Å². The van der Waals surface area contributed by atoms with E-state index in [-0.39, 0.29) is 16.9 Å². The van der Waals surface area contributed by atoms with E-state index in [9.17, 15) is 10.2 Å². The van der Waals surface area contributed by atoms with Crippen molar-refractivity contribution in [1.82, 2.24) is 0 Å². The molecule has 2 aliphatic heterocycles. The van der Waals surface area contributed by atoms with Gasteiger partial charge in [-0.1, -0.05) is 6.07 Å². The van der Waals surface area contributed by atoms with Crippen LogP contribution in [0.2, 0.25) is 0 Å². The van der Waals surface area contributed by atoms with Gasteiger partial charge >= 0.3 is 0 Å². The molecule has 86 valence electrons. The van der Waals surface area contributed by atoms with Crippen LogP contribution in [0, 0.1) is 5.92 Å². The van der Waals surface area contributed by atoms with E-state index in [1.807, 2.05) is 6.07 Å². The largest absolute Gasteiger partial charge is 0.504 e. The molecule has 2 saturated heterocycles. The number of ether oxygens (including phenoxy) is 2. The minimum atomic E-state index is -0.134. The third-order valence-electron chi connectivity index (χ3n) is 3.69. The summed E-state index contributed by atoms with van der Waals surface area (Å²) < 4.78 is 11.0. The summed E-state index contributed by atoms with van der Waals surface area (Å²) in [5.74, 6) is 0.190. The maximum atomic E-state index is 9.55. The standard InChI is InChI=1S/C12H14O4/c13-10-2-1-8(3-11(10)14)12-6-15-4-9(12)5-16-7-12/h1-3,9,13-14H,4-7H2. The number of rotatable bonds is 1. The van der Waals surface area contributed by atoms with E-state index < -0.39 is 0 Å². The number of hydrogen-bond donors (Lipinski definition) is 2. The molecule has 0 atom stereocenters. The first-order valence-corrected chi connectivity index (χ1v) is 5.40.